The number of hydrogen-bond acceptors (Lipinski definition) is 2. The van der Waals surface area contributed by atoms with Crippen molar-refractivity contribution in [2.75, 3.05) is 6.61 Å². The minimum absolute atomic E-state index is 0.0499. The average Bonchev–Trinajstić information content (AvgIpc) is 2.44. The smallest absolute Gasteiger partial charge is 0.146 e. The Morgan fingerprint density at radius 1 is 0.773 bits per heavy atom. The Bertz CT molecular complexity index is 252. The first-order valence-electron chi connectivity index (χ1n) is 9.44. The second-order valence-corrected chi connectivity index (χ2v) is 8.46. The van der Waals surface area contributed by atoms with Crippen molar-refractivity contribution in [2.45, 2.75) is 98.7 Å². The Kier molecular flexibility index (Phi) is 11.7. The van der Waals surface area contributed by atoms with Crippen molar-refractivity contribution < 1.29 is 9.16 Å². The quantitative estimate of drug-likeness (QED) is 0.454. The van der Waals surface area contributed by atoms with E-state index in [4.69, 9.17) is 9.16 Å². The summed E-state index contributed by atoms with van der Waals surface area (Å²) in [4.78, 5) is 0. The van der Waals surface area contributed by atoms with Crippen molar-refractivity contribution in [3.05, 3.63) is 0 Å². The van der Waals surface area contributed by atoms with E-state index in [2.05, 4.69) is 48.5 Å². The molecule has 0 amide bonds. The molecule has 0 aliphatic heterocycles. The van der Waals surface area contributed by atoms with Gasteiger partial charge >= 0.3 is 0 Å². The number of ether oxygens (including phenoxy) is 1. The predicted octanol–water partition coefficient (Wildman–Crippen LogP) is 4.74. The molecule has 134 valence electrons. The van der Waals surface area contributed by atoms with Crippen LogP contribution in [0.15, 0.2) is 0 Å². The highest BCUT2D eigenvalue weighted by atomic mass is 28.2. The SMILES string of the molecule is CCOC(CCC(C)C)C(CCC(C)C)(CCC(C)C)O[SiH3]. The molecule has 2 nitrogen and oxygen atoms in total. The van der Waals surface area contributed by atoms with Gasteiger partial charge in [-0.2, -0.15) is 0 Å². The van der Waals surface area contributed by atoms with E-state index in [0.29, 0.717) is 0 Å². The first-order chi connectivity index (χ1) is 10.3. The van der Waals surface area contributed by atoms with Gasteiger partial charge in [-0.3, -0.25) is 0 Å². The van der Waals surface area contributed by atoms with Crippen LogP contribution in [-0.4, -0.2) is 28.8 Å². The second-order valence-electron chi connectivity index (χ2n) is 8.05. The van der Waals surface area contributed by atoms with E-state index in [1.807, 2.05) is 0 Å². The molecule has 0 saturated carbocycles. The molecule has 0 saturated heterocycles. The maximum atomic E-state index is 6.30. The molecule has 22 heavy (non-hydrogen) atoms. The zero-order valence-electron chi connectivity index (χ0n) is 16.6. The molecule has 0 aromatic carbocycles. The molecular weight excluding hydrogens is 288 g/mol. The highest BCUT2D eigenvalue weighted by molar-refractivity contribution is 5.98. The van der Waals surface area contributed by atoms with Crippen LogP contribution in [0.5, 0.6) is 0 Å². The molecule has 0 rings (SSSR count). The number of rotatable bonds is 13. The molecule has 0 N–H and O–H groups in total. The first-order valence-corrected chi connectivity index (χ1v) is 10.3. The molecule has 3 heteroatoms. The Morgan fingerprint density at radius 3 is 1.55 bits per heavy atom. The summed E-state index contributed by atoms with van der Waals surface area (Å²) in [5.41, 5.74) is -0.0499. The molecule has 1 atom stereocenters. The van der Waals surface area contributed by atoms with Crippen LogP contribution in [0, 0.1) is 17.8 Å². The minimum Gasteiger partial charge on any atom is -0.420 e. The van der Waals surface area contributed by atoms with Gasteiger partial charge in [-0.1, -0.05) is 41.5 Å². The van der Waals surface area contributed by atoms with Crippen LogP contribution in [0.4, 0.5) is 0 Å². The van der Waals surface area contributed by atoms with Gasteiger partial charge in [-0.05, 0) is 63.2 Å². The van der Waals surface area contributed by atoms with Gasteiger partial charge in [0.15, 0.2) is 0 Å². The fourth-order valence-electron chi connectivity index (χ4n) is 3.03. The lowest BCUT2D eigenvalue weighted by Crippen LogP contribution is -2.47. The summed E-state index contributed by atoms with van der Waals surface area (Å²) in [5.74, 6) is 2.18. The highest BCUT2D eigenvalue weighted by Crippen LogP contribution is 2.35. The molecule has 0 heterocycles. The zero-order valence-corrected chi connectivity index (χ0v) is 18.6. The zero-order chi connectivity index (χ0) is 17.2. The summed E-state index contributed by atoms with van der Waals surface area (Å²) in [6.45, 7) is 16.7. The lowest BCUT2D eigenvalue weighted by atomic mass is 9.80. The van der Waals surface area contributed by atoms with Crippen molar-refractivity contribution in [3.63, 3.8) is 0 Å². The molecule has 0 aromatic heterocycles. The summed E-state index contributed by atoms with van der Waals surface area (Å²) in [6.07, 6.45) is 7.35. The van der Waals surface area contributed by atoms with Gasteiger partial charge in [0.2, 0.25) is 0 Å². The van der Waals surface area contributed by atoms with Crippen LogP contribution >= 0.6 is 0 Å². The fourth-order valence-corrected chi connectivity index (χ4v) is 3.70. The van der Waals surface area contributed by atoms with Crippen molar-refractivity contribution in [1.82, 2.24) is 0 Å². The first kappa shape index (κ1) is 22.1. The van der Waals surface area contributed by atoms with Gasteiger partial charge in [0, 0.05) is 6.61 Å². The molecular formula is C19H42O2Si. The lowest BCUT2D eigenvalue weighted by Gasteiger charge is -2.41. The maximum Gasteiger partial charge on any atom is 0.146 e. The van der Waals surface area contributed by atoms with Gasteiger partial charge in [0.05, 0.1) is 11.7 Å². The largest absolute Gasteiger partial charge is 0.420 e. The Hall–Kier alpha value is 0.137. The summed E-state index contributed by atoms with van der Waals surface area (Å²) in [7, 11) is 0.795. The number of hydrogen-bond donors (Lipinski definition) is 0. The van der Waals surface area contributed by atoms with Gasteiger partial charge in [0.25, 0.3) is 0 Å². The summed E-state index contributed by atoms with van der Waals surface area (Å²) < 4.78 is 12.5. The van der Waals surface area contributed by atoms with Crippen molar-refractivity contribution in [3.8, 4) is 0 Å². The predicted molar refractivity (Wildman–Crippen MR) is 101 cm³/mol. The van der Waals surface area contributed by atoms with Crippen LogP contribution < -0.4 is 0 Å². The molecule has 0 bridgehead atoms. The van der Waals surface area contributed by atoms with Crippen LogP contribution in [0.1, 0.15) is 87.0 Å². The Morgan fingerprint density at radius 2 is 1.23 bits per heavy atom. The maximum absolute atomic E-state index is 6.30. The molecule has 0 spiro atoms. The molecule has 0 fully saturated rings. The molecule has 0 aliphatic carbocycles. The monoisotopic (exact) mass is 330 g/mol. The Labute approximate surface area is 143 Å². The normalized spacial score (nSPS) is 14.5. The van der Waals surface area contributed by atoms with E-state index in [1.54, 1.807) is 0 Å². The second kappa shape index (κ2) is 11.6. The van der Waals surface area contributed by atoms with Gasteiger partial charge in [-0.15, -0.1) is 0 Å². The van der Waals surface area contributed by atoms with Gasteiger partial charge < -0.3 is 9.16 Å². The van der Waals surface area contributed by atoms with E-state index in [-0.39, 0.29) is 11.7 Å². The molecule has 1 unspecified atom stereocenters. The molecule has 0 aliphatic rings. The van der Waals surface area contributed by atoms with E-state index in [1.165, 1.54) is 19.3 Å². The highest BCUT2D eigenvalue weighted by Gasteiger charge is 2.38. The van der Waals surface area contributed by atoms with E-state index in [9.17, 15) is 0 Å². The third-order valence-electron chi connectivity index (χ3n) is 4.66. The topological polar surface area (TPSA) is 18.5 Å². The van der Waals surface area contributed by atoms with E-state index < -0.39 is 0 Å². The standard InChI is InChI=1S/C19H42O2Si/c1-8-20-18(10-9-15(2)3)19(21-22,13-11-16(4)5)14-12-17(6)7/h15-18H,8-14H2,1-7,22H3. The third-order valence-corrected chi connectivity index (χ3v) is 5.47. The van der Waals surface area contributed by atoms with Crippen LogP contribution in [0.2, 0.25) is 0 Å². The van der Waals surface area contributed by atoms with Crippen LogP contribution in [0.25, 0.3) is 0 Å². The lowest BCUT2D eigenvalue weighted by molar-refractivity contribution is -0.105. The van der Waals surface area contributed by atoms with Crippen molar-refractivity contribution in [1.29, 1.82) is 0 Å². The van der Waals surface area contributed by atoms with Crippen molar-refractivity contribution in [2.24, 2.45) is 17.8 Å². The summed E-state index contributed by atoms with van der Waals surface area (Å²) in [6, 6.07) is 0. The minimum atomic E-state index is -0.0499. The fraction of sp³-hybridized carbons (Fsp3) is 1.00. The molecule has 0 radical (unpaired) electrons. The van der Waals surface area contributed by atoms with Crippen molar-refractivity contribution >= 4 is 10.5 Å². The van der Waals surface area contributed by atoms with Gasteiger partial charge in [0.1, 0.15) is 10.5 Å². The van der Waals surface area contributed by atoms with Crippen LogP contribution in [0.3, 0.4) is 0 Å². The summed E-state index contributed by atoms with van der Waals surface area (Å²) >= 11 is 0. The van der Waals surface area contributed by atoms with Crippen LogP contribution in [-0.2, 0) is 9.16 Å². The Balaban J connectivity index is 5.12. The van der Waals surface area contributed by atoms with Gasteiger partial charge in [-0.25, -0.2) is 0 Å². The third kappa shape index (κ3) is 8.69. The molecule has 0 aromatic rings. The average molecular weight is 331 g/mol. The summed E-state index contributed by atoms with van der Waals surface area (Å²) in [5, 5.41) is 0. The van der Waals surface area contributed by atoms with E-state index >= 15 is 0 Å². The van der Waals surface area contributed by atoms with E-state index in [0.717, 1.165) is 54.1 Å².